The number of aromatic nitrogens is 2. The van der Waals surface area contributed by atoms with Crippen LogP contribution in [0.5, 0.6) is 17.2 Å². The summed E-state index contributed by atoms with van der Waals surface area (Å²) in [6, 6.07) is 40.2. The van der Waals surface area contributed by atoms with Gasteiger partial charge in [-0.2, -0.15) is 0 Å². The van der Waals surface area contributed by atoms with E-state index in [1.807, 2.05) is 121 Å². The predicted molar refractivity (Wildman–Crippen MR) is 252 cm³/mol. The number of amides is 2. The van der Waals surface area contributed by atoms with E-state index < -0.39 is 0 Å². The number of anilines is 2. The molecule has 0 unspecified atom stereocenters. The number of thiophene rings is 2. The van der Waals surface area contributed by atoms with Gasteiger partial charge in [0.05, 0.1) is 46.1 Å². The van der Waals surface area contributed by atoms with Crippen LogP contribution in [0, 0.1) is 0 Å². The van der Waals surface area contributed by atoms with E-state index in [4.69, 9.17) is 33.9 Å². The Morgan fingerprint density at radius 3 is 1.87 bits per heavy atom. The fourth-order valence-corrected chi connectivity index (χ4v) is 8.91. The van der Waals surface area contributed by atoms with Crippen LogP contribution in [0.3, 0.4) is 0 Å². The molecule has 300 valence electrons. The second-order valence-electron chi connectivity index (χ2n) is 12.8. The fraction of sp³-hybridized carbons (Fsp3) is 0.0667. The van der Waals surface area contributed by atoms with Crippen molar-refractivity contribution in [1.82, 2.24) is 20.6 Å². The van der Waals surface area contributed by atoms with E-state index in [1.54, 1.807) is 65.9 Å². The molecule has 2 amide bonds. The van der Waals surface area contributed by atoms with Crippen LogP contribution in [0.15, 0.2) is 160 Å². The number of methoxy groups -OCH3 is 1. The van der Waals surface area contributed by atoms with Crippen molar-refractivity contribution in [2.24, 2.45) is 0 Å². The smallest absolute Gasteiger partial charge is 0.230 e. The van der Waals surface area contributed by atoms with Gasteiger partial charge in [-0.1, -0.05) is 72.4 Å². The molecule has 60 heavy (non-hydrogen) atoms. The Bertz CT molecular complexity index is 2740. The summed E-state index contributed by atoms with van der Waals surface area (Å²) >= 11 is 15.5. The number of ether oxygens (including phenoxy) is 2. The fourth-order valence-electron chi connectivity index (χ4n) is 5.78. The van der Waals surface area contributed by atoms with Gasteiger partial charge < -0.3 is 30.7 Å². The molecule has 15 heteroatoms. The molecule has 4 aromatic heterocycles. The minimum absolute atomic E-state index is 0.140. The Morgan fingerprint density at radius 2 is 1.23 bits per heavy atom. The first-order valence-electron chi connectivity index (χ1n) is 18.4. The normalized spacial score (nSPS) is 10.6. The molecule has 0 saturated carbocycles. The summed E-state index contributed by atoms with van der Waals surface area (Å²) in [6.45, 7) is 0. The number of benzene rings is 4. The van der Waals surface area contributed by atoms with Gasteiger partial charge in [0.25, 0.3) is 0 Å². The molecule has 0 fully saturated rings. The number of hydrogen-bond donors (Lipinski definition) is 4. The highest BCUT2D eigenvalue weighted by Gasteiger charge is 2.13. The van der Waals surface area contributed by atoms with Gasteiger partial charge in [-0.25, -0.2) is 0 Å². The molecule has 4 heterocycles. The number of rotatable bonds is 11. The molecule has 0 saturated heterocycles. The molecule has 0 aliphatic heterocycles. The van der Waals surface area contributed by atoms with Crippen LogP contribution >= 0.6 is 58.9 Å². The zero-order valence-electron chi connectivity index (χ0n) is 31.9. The second-order valence-corrected chi connectivity index (χ2v) is 16.6. The Morgan fingerprint density at radius 1 is 0.650 bits per heavy atom. The molecular formula is C45H36N6O4S5. The summed E-state index contributed by atoms with van der Waals surface area (Å²) in [5.74, 6) is 1.54. The van der Waals surface area contributed by atoms with Gasteiger partial charge in [0, 0.05) is 40.0 Å². The van der Waals surface area contributed by atoms with Gasteiger partial charge >= 0.3 is 0 Å². The molecule has 4 aromatic carbocycles. The quantitative estimate of drug-likeness (QED) is 0.0928. The second kappa shape index (κ2) is 20.6. The molecule has 8 rings (SSSR count). The lowest BCUT2D eigenvalue weighted by molar-refractivity contribution is -0.119. The van der Waals surface area contributed by atoms with E-state index in [2.05, 4.69) is 36.6 Å². The Balaban J connectivity index is 0.000000182. The molecule has 0 radical (unpaired) electrons. The third kappa shape index (κ3) is 11.7. The number of carbonyl (C=O) groups is 2. The lowest BCUT2D eigenvalue weighted by atomic mass is 10.1. The average Bonchev–Trinajstić information content (AvgIpc) is 3.95. The van der Waals surface area contributed by atoms with Crippen LogP contribution in [-0.2, 0) is 22.4 Å². The van der Waals surface area contributed by atoms with Crippen LogP contribution in [0.4, 0.5) is 11.4 Å². The van der Waals surface area contributed by atoms with Crippen LogP contribution in [0.2, 0.25) is 0 Å². The van der Waals surface area contributed by atoms with Crippen molar-refractivity contribution < 1.29 is 19.1 Å². The van der Waals surface area contributed by atoms with Crippen LogP contribution in [-0.4, -0.2) is 39.1 Å². The standard InChI is InChI=1S/C23H19N3O3S2.C22H17N3OS3/c1-28-20-14-16(29-19-9-11-24-18-10-12-31-22(18)19)7-8-17(20)25-23(30)26-21(27)13-15-5-3-2-4-6-15;26-20(14-15-4-2-1-3-5-15)25-22(27)24-16-6-8-17(9-7-16)29-19-10-12-23-18-11-13-28-21(18)19/h2-12,14H,13H2,1H3,(H2,25,26,27,30);1-13H,14H2,(H2,24,25,26,27). The number of nitrogens with one attached hydrogen (secondary N) is 4. The first-order chi connectivity index (χ1) is 29.3. The molecule has 8 aromatic rings. The molecule has 0 spiro atoms. The third-order valence-corrected chi connectivity index (χ3v) is 12.0. The topological polar surface area (TPSA) is 127 Å². The lowest BCUT2D eigenvalue weighted by Crippen LogP contribution is -2.35. The Hall–Kier alpha value is -6.23. The van der Waals surface area contributed by atoms with Gasteiger partial charge in [0.15, 0.2) is 10.2 Å². The van der Waals surface area contributed by atoms with Crippen molar-refractivity contribution in [3.63, 3.8) is 0 Å². The molecular weight excluding hydrogens is 849 g/mol. The van der Waals surface area contributed by atoms with Crippen LogP contribution in [0.25, 0.3) is 20.4 Å². The summed E-state index contributed by atoms with van der Waals surface area (Å²) in [5.41, 5.74) is 5.23. The van der Waals surface area contributed by atoms with Gasteiger partial charge in [-0.3, -0.25) is 19.6 Å². The summed E-state index contributed by atoms with van der Waals surface area (Å²) in [7, 11) is 1.56. The lowest BCUT2D eigenvalue weighted by Gasteiger charge is -2.14. The predicted octanol–water partition coefficient (Wildman–Crippen LogP) is 10.7. The van der Waals surface area contributed by atoms with Gasteiger partial charge in [0.1, 0.15) is 17.2 Å². The highest BCUT2D eigenvalue weighted by Crippen LogP contribution is 2.37. The summed E-state index contributed by atoms with van der Waals surface area (Å²) < 4.78 is 13.7. The van der Waals surface area contributed by atoms with Crippen molar-refractivity contribution in [3.8, 4) is 17.2 Å². The van der Waals surface area contributed by atoms with Crippen LogP contribution in [0.1, 0.15) is 11.1 Å². The Labute approximate surface area is 369 Å². The minimum atomic E-state index is -0.194. The maximum absolute atomic E-state index is 12.2. The van der Waals surface area contributed by atoms with Crippen molar-refractivity contribution in [1.29, 1.82) is 0 Å². The molecule has 4 N–H and O–H groups in total. The maximum atomic E-state index is 12.2. The number of fused-ring (bicyclic) bond motifs is 2. The highest BCUT2D eigenvalue weighted by atomic mass is 32.2. The zero-order chi connectivity index (χ0) is 41.7. The Kier molecular flexibility index (Phi) is 14.4. The molecule has 0 bridgehead atoms. The van der Waals surface area contributed by atoms with Crippen molar-refractivity contribution >= 4 is 113 Å². The number of carbonyl (C=O) groups excluding carboxylic acids is 2. The summed E-state index contributed by atoms with van der Waals surface area (Å²) in [5, 5.41) is 16.0. The largest absolute Gasteiger partial charge is 0.494 e. The van der Waals surface area contributed by atoms with Crippen molar-refractivity contribution in [2.75, 3.05) is 17.7 Å². The summed E-state index contributed by atoms with van der Waals surface area (Å²) in [6.07, 6.45) is 4.09. The van der Waals surface area contributed by atoms with E-state index in [0.717, 1.165) is 43.2 Å². The average molecular weight is 885 g/mol. The monoisotopic (exact) mass is 884 g/mol. The molecule has 0 aliphatic rings. The van der Waals surface area contributed by atoms with Gasteiger partial charge in [-0.15, -0.1) is 22.7 Å². The number of thiocarbonyl (C=S) groups is 2. The van der Waals surface area contributed by atoms with E-state index >= 15 is 0 Å². The first kappa shape index (κ1) is 41.9. The molecule has 10 nitrogen and oxygen atoms in total. The van der Waals surface area contributed by atoms with Crippen molar-refractivity contribution in [3.05, 3.63) is 162 Å². The van der Waals surface area contributed by atoms with Crippen molar-refractivity contribution in [2.45, 2.75) is 22.6 Å². The minimum Gasteiger partial charge on any atom is -0.494 e. The number of pyridine rings is 2. The molecule has 0 aliphatic carbocycles. The summed E-state index contributed by atoms with van der Waals surface area (Å²) in [4.78, 5) is 35.3. The van der Waals surface area contributed by atoms with Gasteiger partial charge in [-0.05, 0) is 101 Å². The van der Waals surface area contributed by atoms with Crippen LogP contribution < -0.4 is 30.7 Å². The third-order valence-electron chi connectivity index (χ3n) is 8.53. The SMILES string of the molecule is COc1cc(Oc2ccnc3ccsc23)ccc1NC(=S)NC(=O)Cc1ccccc1.O=C(Cc1ccccc1)NC(=S)Nc1ccc(Sc2ccnc3ccsc23)cc1. The molecule has 0 atom stereocenters. The van der Waals surface area contributed by atoms with Gasteiger partial charge in [0.2, 0.25) is 11.8 Å². The maximum Gasteiger partial charge on any atom is 0.230 e. The van der Waals surface area contributed by atoms with E-state index in [0.29, 0.717) is 28.7 Å². The first-order valence-corrected chi connectivity index (χ1v) is 21.8. The number of hydrogen-bond acceptors (Lipinski definition) is 11. The van der Waals surface area contributed by atoms with E-state index in [9.17, 15) is 9.59 Å². The number of nitrogens with zero attached hydrogens (tertiary/aromatic N) is 2. The van der Waals surface area contributed by atoms with E-state index in [1.165, 1.54) is 9.60 Å². The highest BCUT2D eigenvalue weighted by molar-refractivity contribution is 7.99. The zero-order valence-corrected chi connectivity index (χ0v) is 36.0. The van der Waals surface area contributed by atoms with E-state index in [-0.39, 0.29) is 23.3 Å².